The molecule has 2 aliphatic heterocycles. The van der Waals surface area contributed by atoms with Crippen molar-refractivity contribution in [2.24, 2.45) is 0 Å². The summed E-state index contributed by atoms with van der Waals surface area (Å²) < 4.78 is 11.1. The number of carbonyl (C=O) groups is 2. The number of anilines is 2. The van der Waals surface area contributed by atoms with Gasteiger partial charge in [-0.2, -0.15) is 0 Å². The van der Waals surface area contributed by atoms with E-state index in [0.717, 1.165) is 36.1 Å². The van der Waals surface area contributed by atoms with Gasteiger partial charge in [0, 0.05) is 24.5 Å². The van der Waals surface area contributed by atoms with Crippen molar-refractivity contribution < 1.29 is 19.1 Å². The molecule has 0 aromatic heterocycles. The summed E-state index contributed by atoms with van der Waals surface area (Å²) in [5, 5.41) is 2.85. The fraction of sp³-hybridized carbons (Fsp3) is 0.364. The molecule has 2 heterocycles. The summed E-state index contributed by atoms with van der Waals surface area (Å²) in [6, 6.07) is 13.2. The van der Waals surface area contributed by atoms with Gasteiger partial charge in [-0.05, 0) is 56.0 Å². The van der Waals surface area contributed by atoms with Gasteiger partial charge in [0.25, 0.3) is 11.8 Å². The van der Waals surface area contributed by atoms with Gasteiger partial charge in [0.05, 0.1) is 0 Å². The van der Waals surface area contributed by atoms with Gasteiger partial charge < -0.3 is 19.7 Å². The summed E-state index contributed by atoms with van der Waals surface area (Å²) in [5.74, 6) is 0.431. The number of hydrogen-bond acceptors (Lipinski definition) is 4. The van der Waals surface area contributed by atoms with Gasteiger partial charge in [-0.25, -0.2) is 0 Å². The minimum Gasteiger partial charge on any atom is -0.484 e. The second-order valence-electron chi connectivity index (χ2n) is 7.23. The molecule has 6 nitrogen and oxygen atoms in total. The molecule has 0 spiro atoms. The molecule has 4 rings (SSSR count). The monoisotopic (exact) mass is 380 g/mol. The molecule has 0 aliphatic carbocycles. The van der Waals surface area contributed by atoms with E-state index in [2.05, 4.69) is 5.32 Å². The van der Waals surface area contributed by atoms with Crippen LogP contribution in [0.4, 0.5) is 11.4 Å². The molecule has 0 unspecified atom stereocenters. The Hall–Kier alpha value is -2.86. The lowest BCUT2D eigenvalue weighted by atomic mass is 10.1. The number of carbonyl (C=O) groups excluding carboxylic acids is 2. The normalized spacial score (nSPS) is 18.0. The van der Waals surface area contributed by atoms with Crippen LogP contribution >= 0.6 is 0 Å². The number of amides is 2. The smallest absolute Gasteiger partial charge is 0.262 e. The average molecular weight is 380 g/mol. The quantitative estimate of drug-likeness (QED) is 0.866. The molecule has 2 amide bonds. The van der Waals surface area contributed by atoms with Gasteiger partial charge in [0.1, 0.15) is 11.9 Å². The third kappa shape index (κ3) is 4.02. The summed E-state index contributed by atoms with van der Waals surface area (Å²) in [6.07, 6.45) is 2.18. The van der Waals surface area contributed by atoms with E-state index in [1.807, 2.05) is 49.4 Å². The molecule has 2 aromatic carbocycles. The average Bonchev–Trinajstić information content (AvgIpc) is 3.37. The van der Waals surface area contributed by atoms with Crippen LogP contribution in [-0.2, 0) is 20.7 Å². The minimum atomic E-state index is -0.341. The highest BCUT2D eigenvalue weighted by Gasteiger charge is 2.32. The second-order valence-corrected chi connectivity index (χ2v) is 7.23. The SMILES string of the molecule is Cc1ccc(OCC(=O)Nc2ccc3c(c2)N(C(=O)[C@@H]2CCCO2)CC3)cc1. The number of benzene rings is 2. The van der Waals surface area contributed by atoms with Crippen molar-refractivity contribution in [2.45, 2.75) is 32.3 Å². The molecule has 1 N–H and O–H groups in total. The van der Waals surface area contributed by atoms with Crippen molar-refractivity contribution >= 4 is 23.2 Å². The summed E-state index contributed by atoms with van der Waals surface area (Å²) >= 11 is 0. The molecule has 6 heteroatoms. The van der Waals surface area contributed by atoms with Crippen LogP contribution in [0.5, 0.6) is 5.75 Å². The highest BCUT2D eigenvalue weighted by atomic mass is 16.5. The third-order valence-corrected chi connectivity index (χ3v) is 5.13. The van der Waals surface area contributed by atoms with Crippen LogP contribution in [0, 0.1) is 6.92 Å². The number of aryl methyl sites for hydroxylation is 1. The molecule has 1 saturated heterocycles. The van der Waals surface area contributed by atoms with Crippen molar-refractivity contribution in [3.8, 4) is 5.75 Å². The minimum absolute atomic E-state index is 0.0161. The van der Waals surface area contributed by atoms with Gasteiger partial charge in [-0.3, -0.25) is 9.59 Å². The van der Waals surface area contributed by atoms with Gasteiger partial charge in [-0.15, -0.1) is 0 Å². The van der Waals surface area contributed by atoms with Crippen LogP contribution in [0.2, 0.25) is 0 Å². The maximum atomic E-state index is 12.7. The first-order chi connectivity index (χ1) is 13.6. The molecule has 2 aromatic rings. The van der Waals surface area contributed by atoms with Crippen LogP contribution in [0.15, 0.2) is 42.5 Å². The summed E-state index contributed by atoms with van der Waals surface area (Å²) in [7, 11) is 0. The zero-order valence-electron chi connectivity index (χ0n) is 15.9. The molecule has 1 atom stereocenters. The van der Waals surface area contributed by atoms with Gasteiger partial charge in [0.15, 0.2) is 6.61 Å². The van der Waals surface area contributed by atoms with Crippen LogP contribution < -0.4 is 15.0 Å². The number of nitrogens with zero attached hydrogens (tertiary/aromatic N) is 1. The Morgan fingerprint density at radius 1 is 1.21 bits per heavy atom. The summed E-state index contributed by atoms with van der Waals surface area (Å²) in [5.41, 5.74) is 3.76. The maximum absolute atomic E-state index is 12.7. The number of fused-ring (bicyclic) bond motifs is 1. The first kappa shape index (κ1) is 18.5. The molecule has 1 fully saturated rings. The molecule has 28 heavy (non-hydrogen) atoms. The van der Waals surface area contributed by atoms with E-state index >= 15 is 0 Å². The maximum Gasteiger partial charge on any atom is 0.262 e. The Kier molecular flexibility index (Phi) is 5.30. The highest BCUT2D eigenvalue weighted by molar-refractivity contribution is 6.00. The van der Waals surface area contributed by atoms with Gasteiger partial charge in [0.2, 0.25) is 0 Å². The van der Waals surface area contributed by atoms with Crippen LogP contribution in [0.25, 0.3) is 0 Å². The van der Waals surface area contributed by atoms with E-state index in [1.54, 1.807) is 4.90 Å². The van der Waals surface area contributed by atoms with Crippen LogP contribution in [-0.4, -0.2) is 37.7 Å². The van der Waals surface area contributed by atoms with Crippen molar-refractivity contribution in [3.05, 3.63) is 53.6 Å². The van der Waals surface area contributed by atoms with E-state index in [1.165, 1.54) is 0 Å². The number of ether oxygens (including phenoxy) is 2. The predicted molar refractivity (Wildman–Crippen MR) is 107 cm³/mol. The van der Waals surface area contributed by atoms with Crippen molar-refractivity contribution in [1.29, 1.82) is 0 Å². The Bertz CT molecular complexity index is 873. The second kappa shape index (κ2) is 8.02. The first-order valence-electron chi connectivity index (χ1n) is 9.65. The fourth-order valence-electron chi connectivity index (χ4n) is 3.61. The Morgan fingerprint density at radius 3 is 2.79 bits per heavy atom. The molecule has 0 radical (unpaired) electrons. The van der Waals surface area contributed by atoms with E-state index in [0.29, 0.717) is 24.6 Å². The van der Waals surface area contributed by atoms with E-state index in [4.69, 9.17) is 9.47 Å². The third-order valence-electron chi connectivity index (χ3n) is 5.13. The van der Waals surface area contributed by atoms with E-state index in [-0.39, 0.29) is 24.5 Å². The lowest BCUT2D eigenvalue weighted by Gasteiger charge is -2.21. The van der Waals surface area contributed by atoms with E-state index in [9.17, 15) is 9.59 Å². The zero-order valence-corrected chi connectivity index (χ0v) is 15.9. The van der Waals surface area contributed by atoms with Crippen molar-refractivity contribution in [2.75, 3.05) is 30.0 Å². The molecular formula is C22H24N2O4. The number of nitrogens with one attached hydrogen (secondary N) is 1. The standard InChI is InChI=1S/C22H24N2O4/c1-15-4-8-18(9-5-15)28-14-21(25)23-17-7-6-16-10-11-24(19(16)13-17)22(26)20-3-2-12-27-20/h4-9,13,20H,2-3,10-12,14H2,1H3,(H,23,25)/t20-/m0/s1. The van der Waals surface area contributed by atoms with Crippen molar-refractivity contribution in [3.63, 3.8) is 0 Å². The predicted octanol–water partition coefficient (Wildman–Crippen LogP) is 3.08. The first-order valence-corrected chi connectivity index (χ1v) is 9.65. The Morgan fingerprint density at radius 2 is 2.04 bits per heavy atom. The number of rotatable bonds is 5. The lowest BCUT2D eigenvalue weighted by Crippen LogP contribution is -2.37. The van der Waals surface area contributed by atoms with Crippen LogP contribution in [0.1, 0.15) is 24.0 Å². The van der Waals surface area contributed by atoms with Crippen molar-refractivity contribution in [1.82, 2.24) is 0 Å². The largest absolute Gasteiger partial charge is 0.484 e. The topological polar surface area (TPSA) is 67.9 Å². The van der Waals surface area contributed by atoms with Gasteiger partial charge >= 0.3 is 0 Å². The molecule has 2 aliphatic rings. The van der Waals surface area contributed by atoms with Gasteiger partial charge in [-0.1, -0.05) is 23.8 Å². The zero-order chi connectivity index (χ0) is 19.5. The molecule has 0 bridgehead atoms. The fourth-order valence-corrected chi connectivity index (χ4v) is 3.61. The Labute approximate surface area is 164 Å². The summed E-state index contributed by atoms with van der Waals surface area (Å²) in [6.45, 7) is 3.23. The number of hydrogen-bond donors (Lipinski definition) is 1. The molecular weight excluding hydrogens is 356 g/mol. The molecule has 0 saturated carbocycles. The van der Waals surface area contributed by atoms with Crippen LogP contribution in [0.3, 0.4) is 0 Å². The van der Waals surface area contributed by atoms with E-state index < -0.39 is 0 Å². The highest BCUT2D eigenvalue weighted by Crippen LogP contribution is 2.32. The lowest BCUT2D eigenvalue weighted by molar-refractivity contribution is -0.127. The molecule has 146 valence electrons. The Balaban J connectivity index is 1.39. The summed E-state index contributed by atoms with van der Waals surface area (Å²) in [4.78, 5) is 26.7.